The van der Waals surface area contributed by atoms with Crippen LogP contribution in [0, 0.1) is 11.8 Å². The van der Waals surface area contributed by atoms with Gasteiger partial charge in [0.05, 0.1) is 0 Å². The maximum atomic E-state index is 11.3. The average molecular weight is 254 g/mol. The molecule has 0 bridgehead atoms. The molecular weight excluding hydrogens is 228 g/mol. The molecule has 2 saturated carbocycles. The standard InChI is InChI=1S/C14H26N2O2/c1-2-7-15-13(14(17)18)10-16(8-11-3-4-11)9-12-5-6-12/h11-13,15H,2-10H2,1H3,(H,17,18). The number of nitrogens with one attached hydrogen (secondary N) is 1. The topological polar surface area (TPSA) is 52.6 Å². The summed E-state index contributed by atoms with van der Waals surface area (Å²) in [6, 6.07) is -0.401. The van der Waals surface area contributed by atoms with Gasteiger partial charge in [0.1, 0.15) is 6.04 Å². The first-order valence-electron chi connectivity index (χ1n) is 7.37. The second-order valence-corrected chi connectivity index (χ2v) is 5.95. The van der Waals surface area contributed by atoms with E-state index in [0.29, 0.717) is 6.54 Å². The molecule has 2 N–H and O–H groups in total. The summed E-state index contributed by atoms with van der Waals surface area (Å²) in [5, 5.41) is 12.4. The first-order valence-corrected chi connectivity index (χ1v) is 7.37. The van der Waals surface area contributed by atoms with Crippen molar-refractivity contribution in [3.63, 3.8) is 0 Å². The van der Waals surface area contributed by atoms with Crippen molar-refractivity contribution in [2.24, 2.45) is 11.8 Å². The van der Waals surface area contributed by atoms with Gasteiger partial charge in [-0.05, 0) is 50.5 Å². The van der Waals surface area contributed by atoms with Gasteiger partial charge in [-0.25, -0.2) is 0 Å². The number of aliphatic carboxylic acids is 1. The number of carboxylic acids is 1. The molecule has 2 aliphatic carbocycles. The van der Waals surface area contributed by atoms with Crippen molar-refractivity contribution >= 4 is 5.97 Å². The maximum Gasteiger partial charge on any atom is 0.322 e. The van der Waals surface area contributed by atoms with Crippen LogP contribution in [0.15, 0.2) is 0 Å². The van der Waals surface area contributed by atoms with Crippen LogP contribution in [0.25, 0.3) is 0 Å². The quantitative estimate of drug-likeness (QED) is 0.621. The van der Waals surface area contributed by atoms with Crippen LogP contribution in [0.4, 0.5) is 0 Å². The van der Waals surface area contributed by atoms with E-state index in [1.807, 2.05) is 0 Å². The molecule has 0 amide bonds. The molecule has 2 fully saturated rings. The summed E-state index contributed by atoms with van der Waals surface area (Å²) >= 11 is 0. The zero-order valence-corrected chi connectivity index (χ0v) is 11.4. The molecule has 0 aromatic rings. The fourth-order valence-corrected chi connectivity index (χ4v) is 2.36. The van der Waals surface area contributed by atoms with E-state index in [1.54, 1.807) is 0 Å². The normalized spacial score (nSPS) is 21.2. The maximum absolute atomic E-state index is 11.3. The fraction of sp³-hybridized carbons (Fsp3) is 0.929. The summed E-state index contributed by atoms with van der Waals surface area (Å²) in [6.45, 7) is 5.74. The second kappa shape index (κ2) is 6.53. The van der Waals surface area contributed by atoms with Gasteiger partial charge in [-0.1, -0.05) is 6.92 Å². The Labute approximate surface area is 110 Å². The van der Waals surface area contributed by atoms with Crippen LogP contribution < -0.4 is 5.32 Å². The third kappa shape index (κ3) is 4.94. The second-order valence-electron chi connectivity index (χ2n) is 5.95. The Morgan fingerprint density at radius 3 is 2.22 bits per heavy atom. The Kier molecular flexibility index (Phi) is 5.01. The molecule has 2 aliphatic rings. The van der Waals surface area contributed by atoms with Crippen molar-refractivity contribution in [1.82, 2.24) is 10.2 Å². The Morgan fingerprint density at radius 2 is 1.83 bits per heavy atom. The Morgan fingerprint density at radius 1 is 1.28 bits per heavy atom. The highest BCUT2D eigenvalue weighted by Crippen LogP contribution is 2.33. The fourth-order valence-electron chi connectivity index (χ4n) is 2.36. The van der Waals surface area contributed by atoms with Crippen molar-refractivity contribution in [1.29, 1.82) is 0 Å². The Hall–Kier alpha value is -0.610. The molecule has 18 heavy (non-hydrogen) atoms. The van der Waals surface area contributed by atoms with E-state index in [0.717, 1.165) is 37.9 Å². The van der Waals surface area contributed by atoms with Crippen LogP contribution in [0.1, 0.15) is 39.0 Å². The van der Waals surface area contributed by atoms with E-state index >= 15 is 0 Å². The highest BCUT2D eigenvalue weighted by molar-refractivity contribution is 5.73. The minimum Gasteiger partial charge on any atom is -0.480 e. The molecule has 0 aliphatic heterocycles. The summed E-state index contributed by atoms with van der Waals surface area (Å²) < 4.78 is 0. The number of nitrogens with zero attached hydrogens (tertiary/aromatic N) is 1. The van der Waals surface area contributed by atoms with E-state index in [9.17, 15) is 9.90 Å². The summed E-state index contributed by atoms with van der Waals surface area (Å²) in [7, 11) is 0. The molecule has 0 radical (unpaired) electrons. The molecule has 0 spiro atoms. The van der Waals surface area contributed by atoms with Crippen LogP contribution in [-0.2, 0) is 4.79 Å². The first-order chi connectivity index (χ1) is 8.69. The summed E-state index contributed by atoms with van der Waals surface area (Å²) in [5.41, 5.74) is 0. The predicted octanol–water partition coefficient (Wildman–Crippen LogP) is 1.56. The zero-order valence-electron chi connectivity index (χ0n) is 11.4. The van der Waals surface area contributed by atoms with Gasteiger partial charge in [-0.15, -0.1) is 0 Å². The molecule has 0 aromatic carbocycles. The van der Waals surface area contributed by atoms with Crippen LogP contribution in [0.5, 0.6) is 0 Å². The largest absolute Gasteiger partial charge is 0.480 e. The molecule has 1 atom stereocenters. The third-order valence-electron chi connectivity index (χ3n) is 3.81. The monoisotopic (exact) mass is 254 g/mol. The predicted molar refractivity (Wildman–Crippen MR) is 71.6 cm³/mol. The number of carbonyl (C=O) groups is 1. The van der Waals surface area contributed by atoms with Crippen molar-refractivity contribution in [2.75, 3.05) is 26.2 Å². The zero-order chi connectivity index (χ0) is 13.0. The van der Waals surface area contributed by atoms with Crippen molar-refractivity contribution in [3.8, 4) is 0 Å². The van der Waals surface area contributed by atoms with Gasteiger partial charge in [0.25, 0.3) is 0 Å². The minimum absolute atomic E-state index is 0.401. The van der Waals surface area contributed by atoms with E-state index < -0.39 is 12.0 Å². The molecule has 1 unspecified atom stereocenters. The van der Waals surface area contributed by atoms with Gasteiger partial charge >= 0.3 is 5.97 Å². The highest BCUT2D eigenvalue weighted by Gasteiger charge is 2.31. The average Bonchev–Trinajstić information content (AvgIpc) is 3.19. The van der Waals surface area contributed by atoms with E-state index in [1.165, 1.54) is 25.7 Å². The SMILES string of the molecule is CCCNC(CN(CC1CC1)CC1CC1)C(=O)O. The lowest BCUT2D eigenvalue weighted by molar-refractivity contribution is -0.140. The van der Waals surface area contributed by atoms with Gasteiger partial charge in [-0.2, -0.15) is 0 Å². The van der Waals surface area contributed by atoms with Crippen LogP contribution in [-0.4, -0.2) is 48.2 Å². The summed E-state index contributed by atoms with van der Waals surface area (Å²) in [5.74, 6) is 0.966. The van der Waals surface area contributed by atoms with Gasteiger partial charge in [0.15, 0.2) is 0 Å². The molecule has 0 aromatic heterocycles. The van der Waals surface area contributed by atoms with E-state index in [-0.39, 0.29) is 0 Å². The Bertz CT molecular complexity index is 261. The molecular formula is C14H26N2O2. The van der Waals surface area contributed by atoms with E-state index in [2.05, 4.69) is 17.1 Å². The van der Waals surface area contributed by atoms with Crippen molar-refractivity contribution < 1.29 is 9.90 Å². The van der Waals surface area contributed by atoms with Crippen LogP contribution >= 0.6 is 0 Å². The van der Waals surface area contributed by atoms with Gasteiger partial charge in [0, 0.05) is 19.6 Å². The number of rotatable bonds is 10. The molecule has 4 heteroatoms. The highest BCUT2D eigenvalue weighted by atomic mass is 16.4. The molecule has 4 nitrogen and oxygen atoms in total. The molecule has 2 rings (SSSR count). The minimum atomic E-state index is -0.708. The smallest absolute Gasteiger partial charge is 0.322 e. The van der Waals surface area contributed by atoms with Crippen molar-refractivity contribution in [3.05, 3.63) is 0 Å². The number of hydrogen-bond acceptors (Lipinski definition) is 3. The lowest BCUT2D eigenvalue weighted by Gasteiger charge is -2.26. The van der Waals surface area contributed by atoms with Gasteiger partial charge in [-0.3, -0.25) is 4.79 Å². The number of hydrogen-bond donors (Lipinski definition) is 2. The van der Waals surface area contributed by atoms with Crippen LogP contribution in [0.2, 0.25) is 0 Å². The van der Waals surface area contributed by atoms with Gasteiger partial charge < -0.3 is 15.3 Å². The molecule has 104 valence electrons. The Balaban J connectivity index is 1.80. The summed E-state index contributed by atoms with van der Waals surface area (Å²) in [6.07, 6.45) is 6.32. The van der Waals surface area contributed by atoms with E-state index in [4.69, 9.17) is 0 Å². The lowest BCUT2D eigenvalue weighted by atomic mass is 10.2. The lowest BCUT2D eigenvalue weighted by Crippen LogP contribution is -2.47. The number of carboxylic acid groups (broad SMARTS) is 1. The van der Waals surface area contributed by atoms with Crippen molar-refractivity contribution in [2.45, 2.75) is 45.1 Å². The van der Waals surface area contributed by atoms with Crippen LogP contribution in [0.3, 0.4) is 0 Å². The molecule has 0 heterocycles. The summed E-state index contributed by atoms with van der Waals surface area (Å²) in [4.78, 5) is 13.6. The molecule has 0 saturated heterocycles. The third-order valence-corrected chi connectivity index (χ3v) is 3.81. The van der Waals surface area contributed by atoms with Gasteiger partial charge in [0.2, 0.25) is 0 Å². The first kappa shape index (κ1) is 13.8.